The number of hydrogen-bond acceptors (Lipinski definition) is 3. The number of carbonyl (C=O) groups excluding carboxylic acids is 2. The lowest BCUT2D eigenvalue weighted by Gasteiger charge is -2.35. The molecule has 0 bridgehead atoms. The molecule has 0 radical (unpaired) electrons. The highest BCUT2D eigenvalue weighted by Crippen LogP contribution is 2.50. The van der Waals surface area contributed by atoms with E-state index in [0.29, 0.717) is 19.7 Å². The summed E-state index contributed by atoms with van der Waals surface area (Å²) >= 11 is 0. The van der Waals surface area contributed by atoms with Crippen molar-refractivity contribution in [3.8, 4) is 0 Å². The minimum absolute atomic E-state index is 0.000765. The summed E-state index contributed by atoms with van der Waals surface area (Å²) in [5, 5.41) is 1.60. The Morgan fingerprint density at radius 3 is 2.64 bits per heavy atom. The van der Waals surface area contributed by atoms with E-state index in [4.69, 9.17) is 4.84 Å². The Kier molecular flexibility index (Phi) is 4.50. The van der Waals surface area contributed by atoms with Crippen molar-refractivity contribution in [2.75, 3.05) is 26.2 Å². The molecule has 3 aliphatic rings. The number of benzene rings is 1. The van der Waals surface area contributed by atoms with Crippen LogP contribution in [0.4, 0.5) is 0 Å². The molecule has 1 spiro atoms. The Balaban J connectivity index is 1.48. The van der Waals surface area contributed by atoms with Crippen LogP contribution in [0.25, 0.3) is 0 Å². The van der Waals surface area contributed by atoms with Crippen LogP contribution in [-0.2, 0) is 9.63 Å². The fourth-order valence-electron chi connectivity index (χ4n) is 4.79. The minimum Gasteiger partial charge on any atom is -0.338 e. The number of carbonyl (C=O) groups is 2. The van der Waals surface area contributed by atoms with Gasteiger partial charge in [-0.05, 0) is 44.2 Å². The largest absolute Gasteiger partial charge is 0.338 e. The number of amides is 2. The van der Waals surface area contributed by atoms with Crippen LogP contribution < -0.4 is 0 Å². The van der Waals surface area contributed by atoms with Crippen molar-refractivity contribution in [3.05, 3.63) is 35.9 Å². The molecule has 2 saturated heterocycles. The quantitative estimate of drug-likeness (QED) is 0.830. The maximum atomic E-state index is 13.0. The Labute approximate surface area is 148 Å². The van der Waals surface area contributed by atoms with Gasteiger partial charge in [0.1, 0.15) is 0 Å². The Morgan fingerprint density at radius 2 is 1.88 bits per heavy atom. The lowest BCUT2D eigenvalue weighted by Crippen LogP contribution is -2.45. The second kappa shape index (κ2) is 6.79. The summed E-state index contributed by atoms with van der Waals surface area (Å²) in [6.07, 6.45) is 6.00. The molecule has 1 saturated carbocycles. The molecule has 5 nitrogen and oxygen atoms in total. The molecule has 1 aromatic rings. The molecule has 3 fully saturated rings. The molecule has 0 N–H and O–H groups in total. The van der Waals surface area contributed by atoms with Gasteiger partial charge in [-0.2, -0.15) is 0 Å². The molecular weight excluding hydrogens is 316 g/mol. The summed E-state index contributed by atoms with van der Waals surface area (Å²) in [5.41, 5.74) is 0.683. The van der Waals surface area contributed by atoms with Gasteiger partial charge < -0.3 is 4.90 Å². The van der Waals surface area contributed by atoms with Gasteiger partial charge in [0.15, 0.2) is 0 Å². The number of nitrogens with zero attached hydrogens (tertiary/aromatic N) is 2. The van der Waals surface area contributed by atoms with Crippen LogP contribution in [-0.4, -0.2) is 48.0 Å². The molecule has 25 heavy (non-hydrogen) atoms. The zero-order valence-electron chi connectivity index (χ0n) is 14.7. The van der Waals surface area contributed by atoms with Crippen LogP contribution in [0.5, 0.6) is 0 Å². The third kappa shape index (κ3) is 3.06. The third-order valence-electron chi connectivity index (χ3n) is 6.15. The molecule has 1 aromatic carbocycles. The predicted molar refractivity (Wildman–Crippen MR) is 93.6 cm³/mol. The van der Waals surface area contributed by atoms with E-state index in [0.717, 1.165) is 50.6 Å². The van der Waals surface area contributed by atoms with Gasteiger partial charge in [0.2, 0.25) is 5.91 Å². The molecule has 2 amide bonds. The van der Waals surface area contributed by atoms with Crippen LogP contribution in [0.3, 0.4) is 0 Å². The lowest BCUT2D eigenvalue weighted by molar-refractivity contribution is -0.204. The number of hydroxylamine groups is 2. The van der Waals surface area contributed by atoms with E-state index in [1.54, 1.807) is 5.06 Å². The van der Waals surface area contributed by atoms with Crippen LogP contribution in [0.15, 0.2) is 30.3 Å². The van der Waals surface area contributed by atoms with E-state index in [1.165, 1.54) is 0 Å². The number of likely N-dealkylation sites (tertiary alicyclic amines) is 1. The molecule has 134 valence electrons. The monoisotopic (exact) mass is 342 g/mol. The molecule has 1 aliphatic carbocycles. The van der Waals surface area contributed by atoms with Crippen molar-refractivity contribution < 1.29 is 14.4 Å². The highest BCUT2D eigenvalue weighted by atomic mass is 16.7. The molecule has 0 aromatic heterocycles. The number of hydrogen-bond donors (Lipinski definition) is 0. The zero-order valence-corrected chi connectivity index (χ0v) is 14.7. The topological polar surface area (TPSA) is 49.9 Å². The van der Waals surface area contributed by atoms with Gasteiger partial charge in [-0.25, -0.2) is 5.06 Å². The minimum atomic E-state index is -0.0532. The van der Waals surface area contributed by atoms with Gasteiger partial charge in [-0.1, -0.05) is 24.6 Å². The first kappa shape index (κ1) is 16.6. The fraction of sp³-hybridized carbons (Fsp3) is 0.600. The third-order valence-corrected chi connectivity index (χ3v) is 6.15. The molecule has 2 atom stereocenters. The summed E-state index contributed by atoms with van der Waals surface area (Å²) < 4.78 is 0. The van der Waals surface area contributed by atoms with Crippen LogP contribution in [0, 0.1) is 11.3 Å². The van der Waals surface area contributed by atoms with Gasteiger partial charge >= 0.3 is 0 Å². The van der Waals surface area contributed by atoms with Crippen molar-refractivity contribution in [1.82, 2.24) is 9.96 Å². The van der Waals surface area contributed by atoms with Gasteiger partial charge in [0.05, 0.1) is 6.61 Å². The van der Waals surface area contributed by atoms with Crippen molar-refractivity contribution in [1.29, 1.82) is 0 Å². The second-order valence-electron chi connectivity index (χ2n) is 7.63. The molecular formula is C20H26N2O3. The van der Waals surface area contributed by atoms with Crippen molar-refractivity contribution >= 4 is 11.8 Å². The molecule has 5 heteroatoms. The van der Waals surface area contributed by atoms with E-state index < -0.39 is 0 Å². The van der Waals surface area contributed by atoms with Crippen molar-refractivity contribution in [3.63, 3.8) is 0 Å². The van der Waals surface area contributed by atoms with E-state index in [2.05, 4.69) is 0 Å². The van der Waals surface area contributed by atoms with Gasteiger partial charge in [-0.3, -0.25) is 14.4 Å². The summed E-state index contributed by atoms with van der Waals surface area (Å²) in [5.74, 6) is 0.232. The van der Waals surface area contributed by atoms with Crippen LogP contribution in [0.1, 0.15) is 48.9 Å². The van der Waals surface area contributed by atoms with E-state index >= 15 is 0 Å². The van der Waals surface area contributed by atoms with Gasteiger partial charge in [-0.15, -0.1) is 0 Å². The first-order chi connectivity index (χ1) is 12.2. The fourth-order valence-corrected chi connectivity index (χ4v) is 4.79. The van der Waals surface area contributed by atoms with E-state index in [1.807, 2.05) is 35.2 Å². The van der Waals surface area contributed by atoms with Crippen LogP contribution in [0.2, 0.25) is 0 Å². The Hall–Kier alpha value is -1.88. The summed E-state index contributed by atoms with van der Waals surface area (Å²) in [7, 11) is 0. The Morgan fingerprint density at radius 1 is 1.04 bits per heavy atom. The van der Waals surface area contributed by atoms with Gasteiger partial charge in [0.25, 0.3) is 5.91 Å². The standard InChI is InChI=1S/C20H26N2O3/c23-18(16-7-2-1-3-8-16)21-13-11-20(15-21)10-6-9-17(20)19(24)22-12-4-5-14-25-22/h1-3,7-8,17H,4-6,9-15H2/t17-,20-/m0/s1. The number of rotatable bonds is 2. The predicted octanol–water partition coefficient (Wildman–Crippen LogP) is 2.87. The van der Waals surface area contributed by atoms with Crippen molar-refractivity contribution in [2.45, 2.75) is 38.5 Å². The second-order valence-corrected chi connectivity index (χ2v) is 7.63. The van der Waals surface area contributed by atoms with E-state index in [-0.39, 0.29) is 23.1 Å². The van der Waals surface area contributed by atoms with E-state index in [9.17, 15) is 9.59 Å². The summed E-state index contributed by atoms with van der Waals surface area (Å²) in [6.45, 7) is 2.80. The highest BCUT2D eigenvalue weighted by molar-refractivity contribution is 5.94. The smallest absolute Gasteiger partial charge is 0.253 e. The first-order valence-corrected chi connectivity index (χ1v) is 9.48. The maximum absolute atomic E-state index is 13.0. The van der Waals surface area contributed by atoms with Crippen LogP contribution >= 0.6 is 0 Å². The van der Waals surface area contributed by atoms with Gasteiger partial charge in [0, 0.05) is 36.5 Å². The first-order valence-electron chi connectivity index (χ1n) is 9.48. The zero-order chi connectivity index (χ0) is 17.3. The molecule has 4 rings (SSSR count). The lowest BCUT2D eigenvalue weighted by atomic mass is 9.76. The average Bonchev–Trinajstić information content (AvgIpc) is 3.29. The Bertz CT molecular complexity index is 642. The maximum Gasteiger partial charge on any atom is 0.253 e. The van der Waals surface area contributed by atoms with Crippen molar-refractivity contribution in [2.24, 2.45) is 11.3 Å². The SMILES string of the molecule is O=C(c1ccccc1)N1CC[C@@]2(CCC[C@H]2C(=O)N2CCCCO2)C1. The molecule has 2 aliphatic heterocycles. The molecule has 0 unspecified atom stereocenters. The highest BCUT2D eigenvalue weighted by Gasteiger charge is 2.52. The molecule has 2 heterocycles. The average molecular weight is 342 g/mol. The summed E-state index contributed by atoms with van der Waals surface area (Å²) in [4.78, 5) is 33.3. The summed E-state index contributed by atoms with van der Waals surface area (Å²) in [6, 6.07) is 9.45. The normalized spacial score (nSPS) is 29.4.